The number of nitrogens with two attached hydrogens (primary N) is 1. The zero-order valence-corrected chi connectivity index (χ0v) is 11.9. The Labute approximate surface area is 117 Å². The molecule has 1 aromatic heterocycles. The molecule has 1 amide bonds. The number of aryl methyl sites for hydroxylation is 2. The summed E-state index contributed by atoms with van der Waals surface area (Å²) in [5.41, 5.74) is 7.58. The molecule has 2 rings (SSSR count). The van der Waals surface area contributed by atoms with Crippen molar-refractivity contribution in [2.75, 3.05) is 0 Å². The van der Waals surface area contributed by atoms with Crippen molar-refractivity contribution in [2.45, 2.75) is 39.5 Å². The number of hydrogen-bond donors (Lipinski definition) is 1. The third-order valence-corrected chi connectivity index (χ3v) is 3.27. The van der Waals surface area contributed by atoms with E-state index in [1.54, 1.807) is 0 Å². The van der Waals surface area contributed by atoms with E-state index < -0.39 is 5.91 Å². The Morgan fingerprint density at radius 2 is 1.85 bits per heavy atom. The van der Waals surface area contributed by atoms with Gasteiger partial charge in [0.25, 0.3) is 5.91 Å². The summed E-state index contributed by atoms with van der Waals surface area (Å²) in [4.78, 5) is 23.4. The standard InChI is InChI=1S/C16H19NO3/c1-3-5-10-7-11(6-4-2)15-12(8-10)13(18)9-14(20-15)16(17)19/h7-9H,3-6H2,1-2H3,(H2,17,19). The van der Waals surface area contributed by atoms with Crippen LogP contribution in [0, 0.1) is 0 Å². The second-order valence-electron chi connectivity index (χ2n) is 4.97. The summed E-state index contributed by atoms with van der Waals surface area (Å²) >= 11 is 0. The van der Waals surface area contributed by atoms with E-state index in [4.69, 9.17) is 10.2 Å². The van der Waals surface area contributed by atoms with Crippen LogP contribution in [-0.2, 0) is 12.8 Å². The van der Waals surface area contributed by atoms with E-state index in [0.717, 1.165) is 36.8 Å². The largest absolute Gasteiger partial charge is 0.450 e. The highest BCUT2D eigenvalue weighted by Gasteiger charge is 2.13. The highest BCUT2D eigenvalue weighted by molar-refractivity contribution is 5.92. The molecule has 20 heavy (non-hydrogen) atoms. The minimum absolute atomic E-state index is 0.0805. The Balaban J connectivity index is 2.75. The third-order valence-electron chi connectivity index (χ3n) is 3.27. The van der Waals surface area contributed by atoms with Crippen LogP contribution in [0.25, 0.3) is 11.0 Å². The molecule has 0 atom stereocenters. The van der Waals surface area contributed by atoms with E-state index in [0.29, 0.717) is 11.0 Å². The second kappa shape index (κ2) is 5.90. The first-order chi connectivity index (χ1) is 9.56. The van der Waals surface area contributed by atoms with Gasteiger partial charge in [-0.05, 0) is 30.0 Å². The minimum atomic E-state index is -0.718. The molecule has 106 valence electrons. The Morgan fingerprint density at radius 1 is 1.15 bits per heavy atom. The topological polar surface area (TPSA) is 73.3 Å². The molecule has 0 saturated carbocycles. The average molecular weight is 273 g/mol. The Hall–Kier alpha value is -2.10. The maximum atomic E-state index is 12.1. The number of hydrogen-bond acceptors (Lipinski definition) is 3. The Morgan fingerprint density at radius 3 is 2.45 bits per heavy atom. The highest BCUT2D eigenvalue weighted by Crippen LogP contribution is 2.22. The fraction of sp³-hybridized carbons (Fsp3) is 0.375. The van der Waals surface area contributed by atoms with Crippen LogP contribution >= 0.6 is 0 Å². The van der Waals surface area contributed by atoms with Crippen LogP contribution in [0.1, 0.15) is 48.4 Å². The number of rotatable bonds is 5. The van der Waals surface area contributed by atoms with Crippen molar-refractivity contribution < 1.29 is 9.21 Å². The molecule has 0 aliphatic heterocycles. The van der Waals surface area contributed by atoms with Gasteiger partial charge in [-0.1, -0.05) is 32.8 Å². The van der Waals surface area contributed by atoms with Crippen molar-refractivity contribution >= 4 is 16.9 Å². The quantitative estimate of drug-likeness (QED) is 0.910. The lowest BCUT2D eigenvalue weighted by molar-refractivity contribution is 0.0974. The second-order valence-corrected chi connectivity index (χ2v) is 4.97. The van der Waals surface area contributed by atoms with Crippen molar-refractivity contribution in [3.8, 4) is 0 Å². The maximum Gasteiger partial charge on any atom is 0.284 e. The molecule has 0 radical (unpaired) electrons. The van der Waals surface area contributed by atoms with Crippen LogP contribution in [0.2, 0.25) is 0 Å². The zero-order chi connectivity index (χ0) is 14.7. The predicted octanol–water partition coefficient (Wildman–Crippen LogP) is 2.80. The van der Waals surface area contributed by atoms with E-state index in [9.17, 15) is 9.59 Å². The molecule has 0 aliphatic carbocycles. The van der Waals surface area contributed by atoms with Gasteiger partial charge in [0, 0.05) is 6.07 Å². The summed E-state index contributed by atoms with van der Waals surface area (Å²) in [5.74, 6) is -0.799. The average Bonchev–Trinajstić information content (AvgIpc) is 2.40. The summed E-state index contributed by atoms with van der Waals surface area (Å²) in [6, 6.07) is 5.09. The molecular formula is C16H19NO3. The summed E-state index contributed by atoms with van der Waals surface area (Å²) in [6.07, 6.45) is 3.68. The third kappa shape index (κ3) is 2.74. The summed E-state index contributed by atoms with van der Waals surface area (Å²) < 4.78 is 5.55. The van der Waals surface area contributed by atoms with Gasteiger partial charge in [0.15, 0.2) is 11.2 Å². The lowest BCUT2D eigenvalue weighted by Crippen LogP contribution is -2.15. The van der Waals surface area contributed by atoms with E-state index in [1.807, 2.05) is 6.07 Å². The monoisotopic (exact) mass is 273 g/mol. The SMILES string of the molecule is CCCc1cc(CCC)c2oc(C(N)=O)cc(=O)c2c1. The van der Waals surface area contributed by atoms with Crippen molar-refractivity contribution in [3.63, 3.8) is 0 Å². The van der Waals surface area contributed by atoms with Crippen molar-refractivity contribution in [1.29, 1.82) is 0 Å². The van der Waals surface area contributed by atoms with Crippen LogP contribution < -0.4 is 11.2 Å². The van der Waals surface area contributed by atoms with E-state index in [1.165, 1.54) is 6.07 Å². The van der Waals surface area contributed by atoms with Crippen LogP contribution in [-0.4, -0.2) is 5.91 Å². The van der Waals surface area contributed by atoms with E-state index in [-0.39, 0.29) is 11.2 Å². The van der Waals surface area contributed by atoms with Crippen molar-refractivity contribution in [1.82, 2.24) is 0 Å². The van der Waals surface area contributed by atoms with Gasteiger partial charge in [-0.3, -0.25) is 9.59 Å². The van der Waals surface area contributed by atoms with E-state index >= 15 is 0 Å². The Kier molecular flexibility index (Phi) is 4.23. The van der Waals surface area contributed by atoms with Crippen molar-refractivity contribution in [3.05, 3.63) is 45.3 Å². The molecule has 0 spiro atoms. The molecule has 0 fully saturated rings. The first-order valence-electron chi connectivity index (χ1n) is 6.96. The molecule has 2 aromatic rings. The van der Waals surface area contributed by atoms with Gasteiger partial charge in [-0.25, -0.2) is 0 Å². The van der Waals surface area contributed by atoms with Gasteiger partial charge in [-0.15, -0.1) is 0 Å². The van der Waals surface area contributed by atoms with Crippen LogP contribution in [0.5, 0.6) is 0 Å². The predicted molar refractivity (Wildman–Crippen MR) is 79.0 cm³/mol. The maximum absolute atomic E-state index is 12.1. The van der Waals surface area contributed by atoms with Gasteiger partial charge in [-0.2, -0.15) is 0 Å². The summed E-state index contributed by atoms with van der Waals surface area (Å²) in [7, 11) is 0. The summed E-state index contributed by atoms with van der Waals surface area (Å²) in [5, 5.41) is 0.532. The molecule has 1 aromatic carbocycles. The molecule has 0 aliphatic rings. The van der Waals surface area contributed by atoms with Crippen LogP contribution in [0.4, 0.5) is 0 Å². The molecule has 2 N–H and O–H groups in total. The number of carbonyl (C=O) groups is 1. The number of primary amides is 1. The number of fused-ring (bicyclic) bond motifs is 1. The van der Waals surface area contributed by atoms with Gasteiger partial charge in [0.05, 0.1) is 5.39 Å². The van der Waals surface area contributed by atoms with Gasteiger partial charge < -0.3 is 10.2 Å². The molecule has 0 unspecified atom stereocenters. The van der Waals surface area contributed by atoms with Gasteiger partial charge >= 0.3 is 0 Å². The molecule has 4 nitrogen and oxygen atoms in total. The number of benzene rings is 1. The van der Waals surface area contributed by atoms with E-state index in [2.05, 4.69) is 19.9 Å². The first-order valence-corrected chi connectivity index (χ1v) is 6.96. The summed E-state index contributed by atoms with van der Waals surface area (Å²) in [6.45, 7) is 4.16. The highest BCUT2D eigenvalue weighted by atomic mass is 16.3. The molecule has 1 heterocycles. The molecule has 0 saturated heterocycles. The first kappa shape index (κ1) is 14.3. The lowest BCUT2D eigenvalue weighted by Gasteiger charge is -2.09. The molecular weight excluding hydrogens is 254 g/mol. The normalized spacial score (nSPS) is 10.9. The zero-order valence-electron chi connectivity index (χ0n) is 11.9. The van der Waals surface area contributed by atoms with Crippen LogP contribution in [0.3, 0.4) is 0 Å². The molecule has 4 heteroatoms. The fourth-order valence-electron chi connectivity index (χ4n) is 2.40. The number of amides is 1. The van der Waals surface area contributed by atoms with Gasteiger partial charge in [0.2, 0.25) is 0 Å². The molecule has 0 bridgehead atoms. The minimum Gasteiger partial charge on any atom is -0.450 e. The number of carbonyl (C=O) groups excluding carboxylic acids is 1. The smallest absolute Gasteiger partial charge is 0.284 e. The van der Waals surface area contributed by atoms with Crippen LogP contribution in [0.15, 0.2) is 27.4 Å². The lowest BCUT2D eigenvalue weighted by atomic mass is 10.00. The van der Waals surface area contributed by atoms with Crippen molar-refractivity contribution in [2.24, 2.45) is 5.73 Å². The fourth-order valence-corrected chi connectivity index (χ4v) is 2.40. The Bertz CT molecular complexity index is 701. The van der Waals surface area contributed by atoms with Gasteiger partial charge in [0.1, 0.15) is 5.58 Å².